The predicted octanol–water partition coefficient (Wildman–Crippen LogP) is 6.53. The van der Waals surface area contributed by atoms with Crippen LogP contribution in [0.4, 0.5) is 24.5 Å². The van der Waals surface area contributed by atoms with Crippen molar-refractivity contribution in [3.8, 4) is 5.75 Å². The average Bonchev–Trinajstić information content (AvgIpc) is 2.72. The third-order valence-electron chi connectivity index (χ3n) is 6.03. The molecule has 1 heterocycles. The molecular formula is C26H31F3N2O3. The van der Waals surface area contributed by atoms with Gasteiger partial charge in [0, 0.05) is 17.4 Å². The van der Waals surface area contributed by atoms with Gasteiger partial charge in [0.1, 0.15) is 12.2 Å². The molecule has 0 aliphatic carbocycles. The first kappa shape index (κ1) is 25.6. The molecule has 34 heavy (non-hydrogen) atoms. The fourth-order valence-electron chi connectivity index (χ4n) is 4.41. The number of hydrogen-bond acceptors (Lipinski definition) is 3. The van der Waals surface area contributed by atoms with Crippen molar-refractivity contribution in [3.05, 3.63) is 53.1 Å². The molecule has 0 bridgehead atoms. The minimum absolute atomic E-state index is 0.184. The molecule has 8 heteroatoms. The molecule has 0 aromatic heterocycles. The minimum Gasteiger partial charge on any atom is -0.406 e. The van der Waals surface area contributed by atoms with Crippen molar-refractivity contribution in [1.29, 1.82) is 0 Å². The number of halogens is 3. The zero-order chi connectivity index (χ0) is 25.2. The lowest BCUT2D eigenvalue weighted by atomic mass is 9.92. The highest BCUT2D eigenvalue weighted by Gasteiger charge is 2.33. The number of alkyl halides is 3. The van der Waals surface area contributed by atoms with E-state index in [1.807, 2.05) is 52.8 Å². The van der Waals surface area contributed by atoms with Crippen molar-refractivity contribution in [2.75, 3.05) is 10.2 Å². The van der Waals surface area contributed by atoms with E-state index in [2.05, 4.69) is 10.1 Å². The van der Waals surface area contributed by atoms with E-state index in [9.17, 15) is 22.8 Å². The van der Waals surface area contributed by atoms with E-state index < -0.39 is 18.2 Å². The van der Waals surface area contributed by atoms with Crippen molar-refractivity contribution in [2.24, 2.45) is 0 Å². The highest BCUT2D eigenvalue weighted by Crippen LogP contribution is 2.36. The van der Waals surface area contributed by atoms with Gasteiger partial charge in [-0.25, -0.2) is 0 Å². The molecule has 1 atom stereocenters. The number of carbonyl (C=O) groups excluding carboxylic acids is 2. The number of ether oxygens (including phenoxy) is 1. The lowest BCUT2D eigenvalue weighted by Gasteiger charge is -2.35. The number of fused-ring (bicyclic) bond motifs is 1. The summed E-state index contributed by atoms with van der Waals surface area (Å²) in [6, 6.07) is 9.68. The maximum atomic E-state index is 13.2. The third-order valence-corrected chi connectivity index (χ3v) is 6.03. The predicted molar refractivity (Wildman–Crippen MR) is 126 cm³/mol. The molecule has 0 spiro atoms. The normalized spacial score (nSPS) is 15.9. The van der Waals surface area contributed by atoms with Crippen LogP contribution in [0.2, 0.25) is 0 Å². The highest BCUT2D eigenvalue weighted by atomic mass is 19.4. The van der Waals surface area contributed by atoms with Crippen LogP contribution >= 0.6 is 0 Å². The van der Waals surface area contributed by atoms with Crippen molar-refractivity contribution in [3.63, 3.8) is 0 Å². The molecule has 0 fully saturated rings. The third kappa shape index (κ3) is 5.90. The molecule has 2 amide bonds. The first-order chi connectivity index (χ1) is 15.9. The van der Waals surface area contributed by atoms with E-state index in [1.54, 1.807) is 0 Å². The summed E-state index contributed by atoms with van der Waals surface area (Å²) in [5.41, 5.74) is 3.84. The summed E-state index contributed by atoms with van der Waals surface area (Å²) in [5.74, 6) is -0.768. The van der Waals surface area contributed by atoms with Gasteiger partial charge < -0.3 is 15.0 Å². The van der Waals surface area contributed by atoms with Crippen LogP contribution in [0.1, 0.15) is 76.0 Å². The topological polar surface area (TPSA) is 58.6 Å². The monoisotopic (exact) mass is 476 g/mol. The molecule has 2 aromatic rings. The summed E-state index contributed by atoms with van der Waals surface area (Å²) in [4.78, 5) is 27.6. The fourth-order valence-corrected chi connectivity index (χ4v) is 4.41. The Morgan fingerprint density at radius 2 is 1.71 bits per heavy atom. The number of hydrogen-bond donors (Lipinski definition) is 1. The number of carbonyl (C=O) groups is 2. The number of benzene rings is 2. The molecule has 5 nitrogen and oxygen atoms in total. The van der Waals surface area contributed by atoms with Gasteiger partial charge in [-0.05, 0) is 66.5 Å². The quantitative estimate of drug-likeness (QED) is 0.483. The van der Waals surface area contributed by atoms with Crippen LogP contribution in [0.5, 0.6) is 5.75 Å². The van der Waals surface area contributed by atoms with E-state index in [0.29, 0.717) is 24.1 Å². The summed E-state index contributed by atoms with van der Waals surface area (Å²) < 4.78 is 41.8. The lowest BCUT2D eigenvalue weighted by molar-refractivity contribution is -0.274. The van der Waals surface area contributed by atoms with E-state index >= 15 is 0 Å². The largest absolute Gasteiger partial charge is 0.573 e. The number of rotatable bonds is 6. The second-order valence-electron chi connectivity index (χ2n) is 9.34. The van der Waals surface area contributed by atoms with Crippen LogP contribution in [-0.4, -0.2) is 24.2 Å². The Bertz CT molecular complexity index is 1040. The average molecular weight is 477 g/mol. The second-order valence-corrected chi connectivity index (χ2v) is 9.34. The van der Waals surface area contributed by atoms with Crippen LogP contribution in [0.25, 0.3) is 0 Å². The van der Waals surface area contributed by atoms with Crippen LogP contribution < -0.4 is 15.0 Å². The summed E-state index contributed by atoms with van der Waals surface area (Å²) in [7, 11) is 0. The number of nitrogens with one attached hydrogen (secondary N) is 1. The highest BCUT2D eigenvalue weighted by molar-refractivity contribution is 6.10. The van der Waals surface area contributed by atoms with Gasteiger partial charge in [-0.15, -0.1) is 13.2 Å². The van der Waals surface area contributed by atoms with Crippen LogP contribution in [0.3, 0.4) is 0 Å². The summed E-state index contributed by atoms with van der Waals surface area (Å²) in [5, 5.41) is 2.95. The van der Waals surface area contributed by atoms with E-state index in [1.165, 1.54) is 23.1 Å². The molecule has 1 N–H and O–H groups in total. The van der Waals surface area contributed by atoms with Gasteiger partial charge in [0.05, 0.1) is 0 Å². The van der Waals surface area contributed by atoms with Crippen LogP contribution in [-0.2, 0) is 16.0 Å². The van der Waals surface area contributed by atoms with Gasteiger partial charge in [0.25, 0.3) is 0 Å². The number of anilines is 2. The molecule has 2 aromatic carbocycles. The Labute approximate surface area is 198 Å². The molecule has 0 radical (unpaired) electrons. The molecule has 1 unspecified atom stereocenters. The van der Waals surface area contributed by atoms with Gasteiger partial charge in [0.2, 0.25) is 11.8 Å². The van der Waals surface area contributed by atoms with E-state index in [4.69, 9.17) is 0 Å². The van der Waals surface area contributed by atoms with Gasteiger partial charge in [-0.3, -0.25) is 9.59 Å². The van der Waals surface area contributed by atoms with Crippen molar-refractivity contribution in [2.45, 2.75) is 78.1 Å². The Kier molecular flexibility index (Phi) is 7.58. The van der Waals surface area contributed by atoms with E-state index in [0.717, 1.165) is 16.8 Å². The molecule has 1 aliphatic rings. The Balaban J connectivity index is 1.81. The van der Waals surface area contributed by atoms with Crippen LogP contribution in [0, 0.1) is 0 Å². The minimum atomic E-state index is -4.79. The zero-order valence-electron chi connectivity index (χ0n) is 20.1. The second kappa shape index (κ2) is 10.1. The maximum Gasteiger partial charge on any atom is 0.573 e. The van der Waals surface area contributed by atoms with Gasteiger partial charge in [-0.1, -0.05) is 45.9 Å². The van der Waals surface area contributed by atoms with E-state index in [-0.39, 0.29) is 30.0 Å². The Morgan fingerprint density at radius 3 is 2.26 bits per heavy atom. The standard InChI is InChI=1S/C26H31F3N2O3/c1-15(2)20-7-6-8-21(16(3)4)25(20)30-23(32)14-24(33)31-17(5)9-10-18-13-19(11-12-22(18)31)34-26(27,28)29/h6-8,11-13,15-17H,9-10,14H2,1-5H3,(H,30,32). The number of nitrogens with zero attached hydrogens (tertiary/aromatic N) is 1. The summed E-state index contributed by atoms with van der Waals surface area (Å²) in [6.45, 7) is 10.0. The Hall–Kier alpha value is -3.03. The molecule has 1 aliphatic heterocycles. The molecule has 0 saturated heterocycles. The first-order valence-electron chi connectivity index (χ1n) is 11.5. The fraction of sp³-hybridized carbons (Fsp3) is 0.462. The van der Waals surface area contributed by atoms with Gasteiger partial charge >= 0.3 is 6.36 Å². The number of para-hydroxylation sites is 1. The van der Waals surface area contributed by atoms with Gasteiger partial charge in [-0.2, -0.15) is 0 Å². The Morgan fingerprint density at radius 1 is 1.09 bits per heavy atom. The zero-order valence-corrected chi connectivity index (χ0v) is 20.1. The molecular weight excluding hydrogens is 445 g/mol. The van der Waals surface area contributed by atoms with Crippen molar-refractivity contribution >= 4 is 23.2 Å². The summed E-state index contributed by atoms with van der Waals surface area (Å²) >= 11 is 0. The molecule has 3 rings (SSSR count). The van der Waals surface area contributed by atoms with Crippen molar-refractivity contribution in [1.82, 2.24) is 0 Å². The maximum absolute atomic E-state index is 13.2. The van der Waals surface area contributed by atoms with Crippen molar-refractivity contribution < 1.29 is 27.5 Å². The SMILES string of the molecule is CC(C)c1cccc(C(C)C)c1NC(=O)CC(=O)N1c2ccc(OC(F)(F)F)cc2CCC1C. The number of amides is 2. The molecule has 0 saturated carbocycles. The number of aryl methyl sites for hydroxylation is 1. The van der Waals surface area contributed by atoms with Gasteiger partial charge in [0.15, 0.2) is 0 Å². The smallest absolute Gasteiger partial charge is 0.406 e. The van der Waals surface area contributed by atoms with Crippen LogP contribution in [0.15, 0.2) is 36.4 Å². The molecule has 184 valence electrons. The lowest BCUT2D eigenvalue weighted by Crippen LogP contribution is -2.43. The summed E-state index contributed by atoms with van der Waals surface area (Å²) in [6.07, 6.45) is -4.07. The first-order valence-corrected chi connectivity index (χ1v) is 11.5.